The fourth-order valence-corrected chi connectivity index (χ4v) is 0.587. The number of Topliss-reactive ketones (excluding diaryl/α,β-unsaturated/α-hetero) is 1. The summed E-state index contributed by atoms with van der Waals surface area (Å²) in [7, 11) is 1.40. The SMILES string of the molecule is COc1cc(C(=O)C=[N+]=[N-])on1. The molecule has 0 aliphatic carbocycles. The quantitative estimate of drug-likeness (QED) is 0.277. The molecule has 0 aliphatic heterocycles. The molecule has 6 nitrogen and oxygen atoms in total. The van der Waals surface area contributed by atoms with Crippen molar-refractivity contribution in [2.75, 3.05) is 7.11 Å². The van der Waals surface area contributed by atoms with E-state index in [2.05, 4.69) is 19.2 Å². The Morgan fingerprint density at radius 3 is 3.17 bits per heavy atom. The van der Waals surface area contributed by atoms with Gasteiger partial charge in [0.15, 0.2) is 0 Å². The summed E-state index contributed by atoms with van der Waals surface area (Å²) in [4.78, 5) is 13.4. The molecule has 0 aliphatic rings. The van der Waals surface area contributed by atoms with E-state index in [1.807, 2.05) is 0 Å². The smallest absolute Gasteiger partial charge is 0.331 e. The van der Waals surface area contributed by atoms with E-state index < -0.39 is 5.78 Å². The first kappa shape index (κ1) is 8.16. The third-order valence-corrected chi connectivity index (χ3v) is 1.12. The molecule has 62 valence electrons. The van der Waals surface area contributed by atoms with Crippen molar-refractivity contribution in [2.24, 2.45) is 0 Å². The first-order valence-electron chi connectivity index (χ1n) is 3.00. The Hall–Kier alpha value is -1.94. The highest BCUT2D eigenvalue weighted by molar-refractivity contribution is 6.32. The maximum atomic E-state index is 10.9. The number of carbonyl (C=O) groups is 1. The van der Waals surface area contributed by atoms with E-state index >= 15 is 0 Å². The third kappa shape index (κ3) is 1.56. The van der Waals surface area contributed by atoms with Gasteiger partial charge in [0.05, 0.1) is 13.2 Å². The highest BCUT2D eigenvalue weighted by Gasteiger charge is 2.14. The topological polar surface area (TPSA) is 88.7 Å². The molecule has 1 heterocycles. The summed E-state index contributed by atoms with van der Waals surface area (Å²) in [5.74, 6) is -0.414. The molecule has 1 aromatic rings. The summed E-state index contributed by atoms with van der Waals surface area (Å²) in [6.45, 7) is 0. The lowest BCUT2D eigenvalue weighted by Gasteiger charge is -1.83. The Labute approximate surface area is 67.3 Å². The molecular formula is C6H5N3O3. The third-order valence-electron chi connectivity index (χ3n) is 1.12. The van der Waals surface area contributed by atoms with E-state index in [9.17, 15) is 4.79 Å². The van der Waals surface area contributed by atoms with Gasteiger partial charge >= 0.3 is 12.0 Å². The summed E-state index contributed by atoms with van der Waals surface area (Å²) >= 11 is 0. The summed E-state index contributed by atoms with van der Waals surface area (Å²) in [5, 5.41) is 3.38. The molecule has 12 heavy (non-hydrogen) atoms. The van der Waals surface area contributed by atoms with Crippen molar-refractivity contribution in [2.45, 2.75) is 0 Å². The second-order valence-electron chi connectivity index (χ2n) is 1.84. The minimum absolute atomic E-state index is 0.0374. The molecule has 0 N–H and O–H groups in total. The molecule has 0 amide bonds. The van der Waals surface area contributed by atoms with Gasteiger partial charge in [-0.2, -0.15) is 4.79 Å². The van der Waals surface area contributed by atoms with Crippen LogP contribution in [-0.4, -0.2) is 29.1 Å². The Kier molecular flexibility index (Phi) is 2.35. The van der Waals surface area contributed by atoms with Crippen LogP contribution in [0, 0.1) is 0 Å². The molecule has 0 bridgehead atoms. The monoisotopic (exact) mass is 167 g/mol. The predicted molar refractivity (Wildman–Crippen MR) is 37.1 cm³/mol. The lowest BCUT2D eigenvalue weighted by Crippen LogP contribution is -1.98. The van der Waals surface area contributed by atoms with E-state index in [0.717, 1.165) is 0 Å². The molecular weight excluding hydrogens is 162 g/mol. The number of methoxy groups -OCH3 is 1. The van der Waals surface area contributed by atoms with E-state index in [1.54, 1.807) is 0 Å². The van der Waals surface area contributed by atoms with Gasteiger partial charge in [0.1, 0.15) is 0 Å². The van der Waals surface area contributed by atoms with Gasteiger partial charge < -0.3 is 14.8 Å². The molecule has 0 saturated carbocycles. The number of hydrogen-bond acceptors (Lipinski definition) is 4. The van der Waals surface area contributed by atoms with Crippen LogP contribution in [0.15, 0.2) is 10.6 Å². The standard InChI is InChI=1S/C6H5N3O3/c1-11-6-2-5(12-9-6)4(10)3-8-7/h2-3H,1H3. The molecule has 1 rings (SSSR count). The zero-order chi connectivity index (χ0) is 8.97. The van der Waals surface area contributed by atoms with Crippen molar-refractivity contribution in [3.05, 3.63) is 17.4 Å². The first-order chi connectivity index (χ1) is 5.77. The van der Waals surface area contributed by atoms with Crippen LogP contribution < -0.4 is 4.74 Å². The lowest BCUT2D eigenvalue weighted by molar-refractivity contribution is 0.00202. The highest BCUT2D eigenvalue weighted by atomic mass is 16.5. The van der Waals surface area contributed by atoms with Crippen LogP contribution in [0.4, 0.5) is 0 Å². The maximum Gasteiger partial charge on any atom is 0.331 e. The van der Waals surface area contributed by atoms with E-state index in [0.29, 0.717) is 6.21 Å². The van der Waals surface area contributed by atoms with Crippen molar-refractivity contribution in [1.82, 2.24) is 5.16 Å². The summed E-state index contributed by atoms with van der Waals surface area (Å²) < 4.78 is 9.20. The fraction of sp³-hybridized carbons (Fsp3) is 0.167. The summed E-state index contributed by atoms with van der Waals surface area (Å²) in [6, 6.07) is 1.30. The number of rotatable bonds is 3. The van der Waals surface area contributed by atoms with Crippen LogP contribution in [-0.2, 0) is 0 Å². The van der Waals surface area contributed by atoms with Crippen molar-refractivity contribution < 1.29 is 18.8 Å². The van der Waals surface area contributed by atoms with Crippen LogP contribution in [0.25, 0.3) is 5.53 Å². The van der Waals surface area contributed by atoms with E-state index in [4.69, 9.17) is 5.53 Å². The number of hydrogen-bond donors (Lipinski definition) is 0. The maximum absolute atomic E-state index is 10.9. The van der Waals surface area contributed by atoms with Crippen LogP contribution in [0.1, 0.15) is 10.6 Å². The molecule has 1 aromatic heterocycles. The second kappa shape index (κ2) is 3.45. The van der Waals surface area contributed by atoms with Crippen LogP contribution in [0.3, 0.4) is 0 Å². The Morgan fingerprint density at radius 1 is 1.92 bits per heavy atom. The molecule has 0 radical (unpaired) electrons. The van der Waals surface area contributed by atoms with Gasteiger partial charge in [-0.15, -0.1) is 0 Å². The zero-order valence-corrected chi connectivity index (χ0v) is 6.22. The Morgan fingerprint density at radius 2 is 2.67 bits per heavy atom. The van der Waals surface area contributed by atoms with Crippen LogP contribution in [0.5, 0.6) is 5.88 Å². The molecule has 0 aromatic carbocycles. The van der Waals surface area contributed by atoms with E-state index in [1.165, 1.54) is 13.2 Å². The minimum atomic E-state index is -0.576. The van der Waals surface area contributed by atoms with Gasteiger partial charge in [-0.1, -0.05) is 0 Å². The number of ether oxygens (including phenoxy) is 1. The van der Waals surface area contributed by atoms with E-state index in [-0.39, 0.29) is 11.6 Å². The second-order valence-corrected chi connectivity index (χ2v) is 1.84. The molecule has 0 unspecified atom stereocenters. The van der Waals surface area contributed by atoms with Crippen molar-refractivity contribution in [3.63, 3.8) is 0 Å². The molecule has 0 spiro atoms. The number of aromatic nitrogens is 1. The predicted octanol–water partition coefficient (Wildman–Crippen LogP) is 0.166. The van der Waals surface area contributed by atoms with Crippen molar-refractivity contribution in [3.8, 4) is 5.88 Å². The summed E-state index contributed by atoms with van der Waals surface area (Å²) in [5.41, 5.74) is 8.02. The fourth-order valence-electron chi connectivity index (χ4n) is 0.587. The average molecular weight is 167 g/mol. The van der Waals surface area contributed by atoms with Crippen LogP contribution >= 0.6 is 0 Å². The van der Waals surface area contributed by atoms with Crippen LogP contribution in [0.2, 0.25) is 0 Å². The summed E-state index contributed by atoms with van der Waals surface area (Å²) in [6.07, 6.45) is 0.708. The molecule has 0 saturated heterocycles. The number of ketones is 1. The van der Waals surface area contributed by atoms with Gasteiger partial charge in [-0.3, -0.25) is 4.79 Å². The van der Waals surface area contributed by atoms with Gasteiger partial charge in [0.25, 0.3) is 5.88 Å². The molecule has 0 atom stereocenters. The van der Waals surface area contributed by atoms with Gasteiger partial charge in [0, 0.05) is 0 Å². The normalized spacial score (nSPS) is 8.75. The lowest BCUT2D eigenvalue weighted by atomic mass is 10.3. The molecule has 6 heteroatoms. The highest BCUT2D eigenvalue weighted by Crippen LogP contribution is 2.09. The Balaban J connectivity index is 2.88. The molecule has 0 fully saturated rings. The van der Waals surface area contributed by atoms with Gasteiger partial charge in [0.2, 0.25) is 5.76 Å². The first-order valence-corrected chi connectivity index (χ1v) is 3.00. The van der Waals surface area contributed by atoms with Crippen molar-refractivity contribution >= 4 is 12.0 Å². The number of nitrogens with zero attached hydrogens (tertiary/aromatic N) is 3. The zero-order valence-electron chi connectivity index (χ0n) is 6.22. The largest absolute Gasteiger partial charge is 0.479 e. The average Bonchev–Trinajstić information content (AvgIpc) is 2.52. The minimum Gasteiger partial charge on any atom is -0.479 e. The van der Waals surface area contributed by atoms with Crippen molar-refractivity contribution in [1.29, 1.82) is 0 Å². The number of carbonyl (C=O) groups excluding carboxylic acids is 1. The van der Waals surface area contributed by atoms with Gasteiger partial charge in [-0.05, 0) is 5.16 Å². The van der Waals surface area contributed by atoms with Gasteiger partial charge in [-0.25, -0.2) is 0 Å². The Bertz CT molecular complexity index is 338.